The third kappa shape index (κ3) is 3.79. The molecule has 2 aromatic carbocycles. The lowest BCUT2D eigenvalue weighted by Gasteiger charge is -2.14. The number of hydrogen-bond acceptors (Lipinski definition) is 6. The number of nitrogens with zero attached hydrogens (tertiary/aromatic N) is 1. The van der Waals surface area contributed by atoms with Gasteiger partial charge in [-0.15, -0.1) is 0 Å². The number of ether oxygens (including phenoxy) is 2. The van der Waals surface area contributed by atoms with Crippen LogP contribution in [0.1, 0.15) is 11.1 Å². The molecule has 146 valence electrons. The van der Waals surface area contributed by atoms with Gasteiger partial charge in [0, 0.05) is 10.6 Å². The van der Waals surface area contributed by atoms with Gasteiger partial charge in [-0.2, -0.15) is 0 Å². The zero-order valence-corrected chi connectivity index (χ0v) is 16.4. The summed E-state index contributed by atoms with van der Waals surface area (Å²) in [5.74, 6) is -1.03. The van der Waals surface area contributed by atoms with Gasteiger partial charge in [0.1, 0.15) is 5.82 Å². The first-order valence-corrected chi connectivity index (χ1v) is 9.18. The quantitative estimate of drug-likeness (QED) is 0.716. The molecule has 0 saturated carbocycles. The summed E-state index contributed by atoms with van der Waals surface area (Å²) in [4.78, 5) is 26.0. The van der Waals surface area contributed by atoms with Gasteiger partial charge < -0.3 is 14.6 Å². The Morgan fingerprint density at radius 3 is 2.43 bits per heavy atom. The molecule has 1 fully saturated rings. The van der Waals surface area contributed by atoms with E-state index in [1.165, 1.54) is 50.6 Å². The van der Waals surface area contributed by atoms with Crippen molar-refractivity contribution in [3.8, 4) is 17.2 Å². The van der Waals surface area contributed by atoms with Gasteiger partial charge in [-0.05, 0) is 47.7 Å². The minimum Gasteiger partial charge on any atom is -0.502 e. The Labute approximate surface area is 169 Å². The Hall–Kier alpha value is -2.71. The number of phenolic OH excluding ortho intramolecular Hbond substituents is 1. The largest absolute Gasteiger partial charge is 0.502 e. The van der Waals surface area contributed by atoms with Crippen molar-refractivity contribution >= 4 is 40.6 Å². The number of hydrogen-bond donors (Lipinski definition) is 1. The number of carbonyl (C=O) groups excluding carboxylic acids is 2. The van der Waals surface area contributed by atoms with E-state index >= 15 is 0 Å². The summed E-state index contributed by atoms with van der Waals surface area (Å²) >= 11 is 6.72. The summed E-state index contributed by atoms with van der Waals surface area (Å²) in [6.45, 7) is -0.268. The van der Waals surface area contributed by atoms with Crippen molar-refractivity contribution < 1.29 is 28.6 Å². The topological polar surface area (TPSA) is 76.1 Å². The summed E-state index contributed by atoms with van der Waals surface area (Å²) in [6, 6.07) is 7.15. The van der Waals surface area contributed by atoms with Crippen LogP contribution < -0.4 is 9.47 Å². The van der Waals surface area contributed by atoms with Crippen LogP contribution in [-0.4, -0.2) is 35.4 Å². The SMILES string of the molecule is COc1cc(/C=C2\SC(=O)N(Cc3c(F)cccc3Cl)C2=O)cc(OC)c1O. The summed E-state index contributed by atoms with van der Waals surface area (Å²) < 4.78 is 24.2. The van der Waals surface area contributed by atoms with E-state index in [0.29, 0.717) is 5.56 Å². The van der Waals surface area contributed by atoms with E-state index in [0.717, 1.165) is 16.7 Å². The molecule has 0 aromatic heterocycles. The van der Waals surface area contributed by atoms with Crippen LogP contribution in [-0.2, 0) is 11.3 Å². The van der Waals surface area contributed by atoms with Crippen molar-refractivity contribution in [2.24, 2.45) is 0 Å². The number of amides is 2. The zero-order chi connectivity index (χ0) is 20.4. The van der Waals surface area contributed by atoms with Gasteiger partial charge in [0.2, 0.25) is 5.75 Å². The second-order valence-corrected chi connectivity index (χ2v) is 7.14. The van der Waals surface area contributed by atoms with Crippen LogP contribution in [0, 0.1) is 5.82 Å². The van der Waals surface area contributed by atoms with E-state index in [9.17, 15) is 19.1 Å². The van der Waals surface area contributed by atoms with Crippen LogP contribution in [0.25, 0.3) is 6.08 Å². The maximum atomic E-state index is 14.0. The summed E-state index contributed by atoms with van der Waals surface area (Å²) in [5, 5.41) is 9.57. The predicted molar refractivity (Wildman–Crippen MR) is 104 cm³/mol. The number of aromatic hydroxyl groups is 1. The fourth-order valence-corrected chi connectivity index (χ4v) is 3.69. The second kappa shape index (κ2) is 8.12. The smallest absolute Gasteiger partial charge is 0.293 e. The monoisotopic (exact) mass is 423 g/mol. The van der Waals surface area contributed by atoms with Crippen LogP contribution in [0.2, 0.25) is 5.02 Å². The minimum absolute atomic E-state index is 0.0701. The van der Waals surface area contributed by atoms with Crippen molar-refractivity contribution in [3.05, 3.63) is 57.2 Å². The van der Waals surface area contributed by atoms with Crippen LogP contribution in [0.3, 0.4) is 0 Å². The lowest BCUT2D eigenvalue weighted by Crippen LogP contribution is -2.28. The van der Waals surface area contributed by atoms with E-state index in [1.54, 1.807) is 0 Å². The predicted octanol–water partition coefficient (Wildman–Crippen LogP) is 4.44. The maximum absolute atomic E-state index is 14.0. The number of phenols is 1. The van der Waals surface area contributed by atoms with Gasteiger partial charge in [-0.1, -0.05) is 17.7 Å². The maximum Gasteiger partial charge on any atom is 0.293 e. The molecule has 0 spiro atoms. The number of halogens is 2. The normalized spacial score (nSPS) is 15.4. The Morgan fingerprint density at radius 2 is 1.86 bits per heavy atom. The minimum atomic E-state index is -0.594. The Bertz CT molecular complexity index is 949. The molecule has 0 radical (unpaired) electrons. The lowest BCUT2D eigenvalue weighted by atomic mass is 10.1. The molecule has 0 atom stereocenters. The molecule has 9 heteroatoms. The molecule has 28 heavy (non-hydrogen) atoms. The molecule has 0 bridgehead atoms. The third-order valence-corrected chi connectivity index (χ3v) is 5.31. The van der Waals surface area contributed by atoms with Gasteiger partial charge in [0.25, 0.3) is 11.1 Å². The highest BCUT2D eigenvalue weighted by Gasteiger charge is 2.36. The van der Waals surface area contributed by atoms with Crippen molar-refractivity contribution in [1.82, 2.24) is 4.90 Å². The van der Waals surface area contributed by atoms with Crippen molar-refractivity contribution in [2.75, 3.05) is 14.2 Å². The molecule has 2 amide bonds. The third-order valence-electron chi connectivity index (χ3n) is 4.05. The molecule has 0 aliphatic carbocycles. The number of rotatable bonds is 5. The van der Waals surface area contributed by atoms with Gasteiger partial charge >= 0.3 is 0 Å². The Kier molecular flexibility index (Phi) is 5.81. The van der Waals surface area contributed by atoms with Gasteiger partial charge in [-0.3, -0.25) is 14.5 Å². The van der Waals surface area contributed by atoms with E-state index in [2.05, 4.69) is 0 Å². The van der Waals surface area contributed by atoms with Crippen molar-refractivity contribution in [1.29, 1.82) is 0 Å². The molecule has 1 aliphatic heterocycles. The first-order valence-electron chi connectivity index (χ1n) is 7.99. The molecule has 6 nitrogen and oxygen atoms in total. The molecule has 1 saturated heterocycles. The number of benzene rings is 2. The highest BCUT2D eigenvalue weighted by atomic mass is 35.5. The average molecular weight is 424 g/mol. The number of imide groups is 1. The highest BCUT2D eigenvalue weighted by Crippen LogP contribution is 2.40. The molecule has 3 rings (SSSR count). The van der Waals surface area contributed by atoms with Crippen molar-refractivity contribution in [3.63, 3.8) is 0 Å². The van der Waals surface area contributed by atoms with Crippen LogP contribution in [0.4, 0.5) is 9.18 Å². The van der Waals surface area contributed by atoms with E-state index < -0.39 is 17.0 Å². The molecule has 1 aliphatic rings. The fourth-order valence-electron chi connectivity index (χ4n) is 2.63. The fraction of sp³-hybridized carbons (Fsp3) is 0.158. The number of carbonyl (C=O) groups is 2. The van der Waals surface area contributed by atoms with Gasteiger partial charge in [-0.25, -0.2) is 4.39 Å². The van der Waals surface area contributed by atoms with Crippen LogP contribution in [0.15, 0.2) is 35.2 Å². The van der Waals surface area contributed by atoms with E-state index in [1.807, 2.05) is 0 Å². The molecule has 1 N–H and O–H groups in total. The second-order valence-electron chi connectivity index (χ2n) is 5.74. The van der Waals surface area contributed by atoms with Gasteiger partial charge in [0.15, 0.2) is 11.5 Å². The average Bonchev–Trinajstić information content (AvgIpc) is 2.92. The summed E-state index contributed by atoms with van der Waals surface area (Å²) in [7, 11) is 2.76. The highest BCUT2D eigenvalue weighted by molar-refractivity contribution is 8.18. The molecular weight excluding hydrogens is 409 g/mol. The summed E-state index contributed by atoms with van der Waals surface area (Å²) in [5.41, 5.74) is 0.557. The van der Waals surface area contributed by atoms with Crippen molar-refractivity contribution in [2.45, 2.75) is 6.54 Å². The van der Waals surface area contributed by atoms with E-state index in [-0.39, 0.29) is 39.3 Å². The Morgan fingerprint density at radius 1 is 1.21 bits per heavy atom. The Balaban J connectivity index is 1.91. The first-order chi connectivity index (χ1) is 13.3. The molecule has 2 aromatic rings. The molecule has 1 heterocycles. The molecule has 0 unspecified atom stereocenters. The number of thioether (sulfide) groups is 1. The standard InChI is InChI=1S/C19H15ClFNO5S/c1-26-14-6-10(7-15(27-2)17(14)23)8-16-18(24)22(19(25)28-16)9-11-12(20)4-3-5-13(11)21/h3-8,23H,9H2,1-2H3/b16-8-. The number of methoxy groups -OCH3 is 2. The first kappa shape index (κ1) is 20.0. The van der Waals surface area contributed by atoms with Crippen LogP contribution in [0.5, 0.6) is 17.2 Å². The van der Waals surface area contributed by atoms with Gasteiger partial charge in [0.05, 0.1) is 25.7 Å². The van der Waals surface area contributed by atoms with E-state index in [4.69, 9.17) is 21.1 Å². The zero-order valence-electron chi connectivity index (χ0n) is 14.9. The van der Waals surface area contributed by atoms with Crippen LogP contribution >= 0.6 is 23.4 Å². The molecular formula is C19H15ClFNO5S. The summed E-state index contributed by atoms with van der Waals surface area (Å²) in [6.07, 6.45) is 1.47. The lowest BCUT2D eigenvalue weighted by molar-refractivity contribution is -0.123.